The number of amides is 1. The molecule has 3 aromatic rings. The van der Waals surface area contributed by atoms with Gasteiger partial charge in [-0.3, -0.25) is 14.7 Å². The van der Waals surface area contributed by atoms with Gasteiger partial charge in [0, 0.05) is 36.4 Å². The molecular weight excluding hydrogens is 444 g/mol. The van der Waals surface area contributed by atoms with Crippen molar-refractivity contribution in [2.75, 3.05) is 51.9 Å². The van der Waals surface area contributed by atoms with E-state index in [1.54, 1.807) is 7.11 Å². The van der Waals surface area contributed by atoms with Crippen LogP contribution in [0.15, 0.2) is 42.6 Å². The molecular formula is C27H34N4O4. The van der Waals surface area contributed by atoms with E-state index in [9.17, 15) is 4.79 Å². The third-order valence-electron chi connectivity index (χ3n) is 6.31. The number of carbonyl (C=O) groups is 1. The fourth-order valence-electron chi connectivity index (χ4n) is 4.32. The number of nitrogens with zero attached hydrogens (tertiary/aromatic N) is 2. The van der Waals surface area contributed by atoms with Crippen molar-refractivity contribution in [3.8, 4) is 11.5 Å². The third kappa shape index (κ3) is 6.01. The number of morpholine rings is 1. The minimum absolute atomic E-state index is 0.322. The molecule has 1 amide bonds. The number of nitrogens with two attached hydrogens (primary N) is 1. The maximum Gasteiger partial charge on any atom is 0.252 e. The summed E-state index contributed by atoms with van der Waals surface area (Å²) in [5.41, 5.74) is 9.37. The summed E-state index contributed by atoms with van der Waals surface area (Å²) < 4.78 is 17.1. The molecule has 4 rings (SSSR count). The summed E-state index contributed by atoms with van der Waals surface area (Å²) in [7, 11) is 1.61. The van der Waals surface area contributed by atoms with Gasteiger partial charge in [0.25, 0.3) is 5.91 Å². The molecule has 0 atom stereocenters. The second-order valence-electron chi connectivity index (χ2n) is 8.58. The lowest BCUT2D eigenvalue weighted by molar-refractivity contribution is 0.0368. The van der Waals surface area contributed by atoms with Gasteiger partial charge in [0.15, 0.2) is 11.5 Å². The Bertz CT molecular complexity index is 1160. The fourth-order valence-corrected chi connectivity index (χ4v) is 4.32. The lowest BCUT2D eigenvalue weighted by Gasteiger charge is -2.26. The van der Waals surface area contributed by atoms with Crippen molar-refractivity contribution in [3.05, 3.63) is 53.7 Å². The molecule has 8 heteroatoms. The number of unbranched alkanes of at least 4 members (excludes halogenated alkanes) is 1. The van der Waals surface area contributed by atoms with Crippen molar-refractivity contribution in [2.45, 2.75) is 26.2 Å². The van der Waals surface area contributed by atoms with Gasteiger partial charge < -0.3 is 25.3 Å². The van der Waals surface area contributed by atoms with Crippen LogP contribution in [0.3, 0.4) is 0 Å². The highest BCUT2D eigenvalue weighted by atomic mass is 16.5. The molecule has 1 aliphatic rings. The van der Waals surface area contributed by atoms with Gasteiger partial charge in [-0.05, 0) is 43.5 Å². The van der Waals surface area contributed by atoms with Crippen molar-refractivity contribution in [3.63, 3.8) is 0 Å². The maximum atomic E-state index is 12.2. The van der Waals surface area contributed by atoms with Crippen LogP contribution in [0.25, 0.3) is 10.9 Å². The Morgan fingerprint density at radius 3 is 2.71 bits per heavy atom. The molecule has 1 aliphatic heterocycles. The van der Waals surface area contributed by atoms with Crippen molar-refractivity contribution >= 4 is 28.2 Å². The number of hydrogen-bond acceptors (Lipinski definition) is 7. The standard InChI is InChI=1S/C27H34N4O4/c1-3-19-8-4-5-9-22(19)30-26-20-16-24(33-2)25(17-23(20)29-18-21(26)27(28)32)35-13-7-6-10-31-11-14-34-15-12-31/h4-5,8-9,16-18H,3,6-7,10-15H2,1-2H3,(H2,28,32)(H,29,30). The first-order valence-corrected chi connectivity index (χ1v) is 12.2. The van der Waals surface area contributed by atoms with Crippen LogP contribution in [-0.2, 0) is 11.2 Å². The Morgan fingerprint density at radius 2 is 1.97 bits per heavy atom. The minimum Gasteiger partial charge on any atom is -0.493 e. The molecule has 0 saturated carbocycles. The highest BCUT2D eigenvalue weighted by Crippen LogP contribution is 2.37. The molecule has 2 heterocycles. The summed E-state index contributed by atoms with van der Waals surface area (Å²) in [6.45, 7) is 7.35. The number of aryl methyl sites for hydroxylation is 1. The smallest absolute Gasteiger partial charge is 0.252 e. The quantitative estimate of drug-likeness (QED) is 0.400. The Morgan fingerprint density at radius 1 is 1.17 bits per heavy atom. The summed E-state index contributed by atoms with van der Waals surface area (Å²) in [4.78, 5) is 19.1. The molecule has 1 fully saturated rings. The number of rotatable bonds is 11. The number of methoxy groups -OCH3 is 1. The van der Waals surface area contributed by atoms with E-state index in [-0.39, 0.29) is 0 Å². The molecule has 0 spiro atoms. The number of primary amides is 1. The highest BCUT2D eigenvalue weighted by molar-refractivity contribution is 6.08. The van der Waals surface area contributed by atoms with Crippen molar-refractivity contribution in [1.29, 1.82) is 0 Å². The number of pyridine rings is 1. The van der Waals surface area contributed by atoms with Gasteiger partial charge in [-0.15, -0.1) is 0 Å². The number of fused-ring (bicyclic) bond motifs is 1. The van der Waals surface area contributed by atoms with Crippen LogP contribution in [0.1, 0.15) is 35.7 Å². The molecule has 1 saturated heterocycles. The average Bonchev–Trinajstić information content (AvgIpc) is 2.89. The van der Waals surface area contributed by atoms with Gasteiger partial charge >= 0.3 is 0 Å². The summed E-state index contributed by atoms with van der Waals surface area (Å²) in [6, 6.07) is 11.7. The lowest BCUT2D eigenvalue weighted by Crippen LogP contribution is -2.36. The van der Waals surface area contributed by atoms with Crippen LogP contribution in [-0.4, -0.2) is 62.4 Å². The Hall–Kier alpha value is -3.36. The van der Waals surface area contributed by atoms with E-state index in [2.05, 4.69) is 28.2 Å². The molecule has 35 heavy (non-hydrogen) atoms. The molecule has 8 nitrogen and oxygen atoms in total. The number of para-hydroxylation sites is 1. The topological polar surface area (TPSA) is 98.9 Å². The zero-order valence-electron chi connectivity index (χ0n) is 20.5. The maximum absolute atomic E-state index is 12.2. The minimum atomic E-state index is -0.546. The first-order valence-electron chi connectivity index (χ1n) is 12.2. The van der Waals surface area contributed by atoms with E-state index >= 15 is 0 Å². The first kappa shape index (κ1) is 24.8. The lowest BCUT2D eigenvalue weighted by atomic mass is 10.1. The van der Waals surface area contributed by atoms with Crippen LogP contribution in [0.5, 0.6) is 11.5 Å². The number of hydrogen-bond donors (Lipinski definition) is 2. The monoisotopic (exact) mass is 478 g/mol. The number of carbonyl (C=O) groups excluding carboxylic acids is 1. The normalized spacial score (nSPS) is 14.1. The van der Waals surface area contributed by atoms with Crippen LogP contribution in [0.4, 0.5) is 11.4 Å². The Kier molecular flexibility index (Phi) is 8.39. The Labute approximate surface area is 206 Å². The fraction of sp³-hybridized carbons (Fsp3) is 0.407. The predicted molar refractivity (Wildman–Crippen MR) is 138 cm³/mol. The van der Waals surface area contributed by atoms with Gasteiger partial charge in [0.2, 0.25) is 0 Å². The van der Waals surface area contributed by atoms with Gasteiger partial charge in [0.05, 0.1) is 43.7 Å². The number of aromatic nitrogens is 1. The number of anilines is 2. The third-order valence-corrected chi connectivity index (χ3v) is 6.31. The van der Waals surface area contributed by atoms with Crippen molar-refractivity contribution in [1.82, 2.24) is 9.88 Å². The molecule has 0 aliphatic carbocycles. The Balaban J connectivity index is 1.55. The van der Waals surface area contributed by atoms with Crippen LogP contribution in [0, 0.1) is 0 Å². The van der Waals surface area contributed by atoms with Gasteiger partial charge in [-0.1, -0.05) is 25.1 Å². The number of benzene rings is 2. The predicted octanol–water partition coefficient (Wildman–Crippen LogP) is 4.14. The van der Waals surface area contributed by atoms with Crippen LogP contribution >= 0.6 is 0 Å². The largest absolute Gasteiger partial charge is 0.493 e. The van der Waals surface area contributed by atoms with Gasteiger partial charge in [-0.25, -0.2) is 0 Å². The van der Waals surface area contributed by atoms with Crippen LogP contribution < -0.4 is 20.5 Å². The average molecular weight is 479 g/mol. The highest BCUT2D eigenvalue weighted by Gasteiger charge is 2.18. The first-order chi connectivity index (χ1) is 17.1. The zero-order chi connectivity index (χ0) is 24.6. The summed E-state index contributed by atoms with van der Waals surface area (Å²) >= 11 is 0. The zero-order valence-corrected chi connectivity index (χ0v) is 20.5. The number of ether oxygens (including phenoxy) is 3. The second kappa shape index (κ2) is 11.9. The molecule has 0 radical (unpaired) electrons. The number of nitrogens with one attached hydrogen (secondary N) is 1. The molecule has 3 N–H and O–H groups in total. The van der Waals surface area contributed by atoms with E-state index in [1.165, 1.54) is 6.20 Å². The molecule has 0 unspecified atom stereocenters. The van der Waals surface area contributed by atoms with E-state index < -0.39 is 5.91 Å². The van der Waals surface area contributed by atoms with E-state index in [0.717, 1.165) is 68.7 Å². The molecule has 2 aromatic carbocycles. The van der Waals surface area contributed by atoms with Gasteiger partial charge in [-0.2, -0.15) is 0 Å². The van der Waals surface area contributed by atoms with E-state index in [0.29, 0.717) is 34.9 Å². The second-order valence-corrected chi connectivity index (χ2v) is 8.58. The molecule has 0 bridgehead atoms. The molecule has 1 aromatic heterocycles. The van der Waals surface area contributed by atoms with E-state index in [4.69, 9.17) is 19.9 Å². The van der Waals surface area contributed by atoms with E-state index in [1.807, 2.05) is 30.3 Å². The van der Waals surface area contributed by atoms with Crippen molar-refractivity contribution in [2.24, 2.45) is 5.73 Å². The molecule has 186 valence electrons. The summed E-state index contributed by atoms with van der Waals surface area (Å²) in [6.07, 6.45) is 4.36. The summed E-state index contributed by atoms with van der Waals surface area (Å²) in [5.74, 6) is 0.668. The summed E-state index contributed by atoms with van der Waals surface area (Å²) in [5, 5.41) is 4.17. The van der Waals surface area contributed by atoms with Crippen LogP contribution in [0.2, 0.25) is 0 Å². The SMILES string of the molecule is CCc1ccccc1Nc1c(C(N)=O)cnc2cc(OCCCCN3CCOCC3)c(OC)cc12. The van der Waals surface area contributed by atoms with Crippen molar-refractivity contribution < 1.29 is 19.0 Å². The van der Waals surface area contributed by atoms with Gasteiger partial charge in [0.1, 0.15) is 0 Å².